The number of benzene rings is 1. The molecule has 0 bridgehead atoms. The summed E-state index contributed by atoms with van der Waals surface area (Å²) < 4.78 is 32.4. The maximum atomic E-state index is 11.5. The van der Waals surface area contributed by atoms with Gasteiger partial charge in [0.15, 0.2) is 0 Å². The van der Waals surface area contributed by atoms with E-state index in [1.165, 1.54) is 18.3 Å². The van der Waals surface area contributed by atoms with E-state index in [0.717, 1.165) is 41.1 Å². The van der Waals surface area contributed by atoms with Crippen molar-refractivity contribution in [2.24, 2.45) is 0 Å². The molecule has 0 saturated heterocycles. The standard InChI is InChI=1S/C32H31N3O3S/c1-3-5-11-27(4-2)35(28-12-7-6-8-13-28)29-14-9-10-25(17-18-29)15-16-26-19-21-33-31(23-26)32-24-30(20-22-34-32)39(36,37)38/h4-13,15-24H,3,14H2,1-2H3,(H,36,37,38)/b11-5-,16-15+,27-4+. The number of nitrogens with zero attached hydrogens (tertiary/aromatic N) is 3. The fourth-order valence-electron chi connectivity index (χ4n) is 4.10. The molecule has 6 nitrogen and oxygen atoms in total. The molecule has 7 heteroatoms. The van der Waals surface area contributed by atoms with E-state index in [4.69, 9.17) is 0 Å². The van der Waals surface area contributed by atoms with Crippen LogP contribution in [0.4, 0.5) is 5.69 Å². The third kappa shape index (κ3) is 7.37. The molecule has 0 aliphatic heterocycles. The summed E-state index contributed by atoms with van der Waals surface area (Å²) in [5.41, 5.74) is 6.17. The fraction of sp³-hybridized carbons (Fsp3) is 0.125. The van der Waals surface area contributed by atoms with Crippen LogP contribution in [0.1, 0.15) is 32.3 Å². The van der Waals surface area contributed by atoms with Crippen molar-refractivity contribution < 1.29 is 13.0 Å². The Kier molecular flexibility index (Phi) is 9.20. The lowest BCUT2D eigenvalue weighted by molar-refractivity contribution is 0.483. The van der Waals surface area contributed by atoms with Crippen LogP contribution >= 0.6 is 0 Å². The Balaban J connectivity index is 1.61. The van der Waals surface area contributed by atoms with Crippen molar-refractivity contribution in [1.82, 2.24) is 9.97 Å². The van der Waals surface area contributed by atoms with Crippen molar-refractivity contribution in [2.75, 3.05) is 4.90 Å². The highest BCUT2D eigenvalue weighted by Crippen LogP contribution is 2.29. The van der Waals surface area contributed by atoms with Gasteiger partial charge in [0.2, 0.25) is 0 Å². The molecule has 2 aromatic heterocycles. The van der Waals surface area contributed by atoms with Crippen LogP contribution in [0.15, 0.2) is 137 Å². The van der Waals surface area contributed by atoms with Gasteiger partial charge in [-0.2, -0.15) is 8.42 Å². The minimum Gasteiger partial charge on any atom is -0.314 e. The summed E-state index contributed by atoms with van der Waals surface area (Å²) in [6, 6.07) is 16.6. The van der Waals surface area contributed by atoms with Gasteiger partial charge in [0.25, 0.3) is 10.1 Å². The summed E-state index contributed by atoms with van der Waals surface area (Å²) in [6.07, 6.45) is 23.7. The van der Waals surface area contributed by atoms with Crippen LogP contribution in [0.25, 0.3) is 17.5 Å². The van der Waals surface area contributed by atoms with E-state index >= 15 is 0 Å². The van der Waals surface area contributed by atoms with E-state index in [1.54, 1.807) is 6.20 Å². The van der Waals surface area contributed by atoms with E-state index < -0.39 is 10.1 Å². The monoisotopic (exact) mass is 537 g/mol. The highest BCUT2D eigenvalue weighted by molar-refractivity contribution is 7.85. The summed E-state index contributed by atoms with van der Waals surface area (Å²) in [5.74, 6) is 0. The average molecular weight is 538 g/mol. The van der Waals surface area contributed by atoms with Crippen molar-refractivity contribution in [2.45, 2.75) is 31.6 Å². The first-order valence-electron chi connectivity index (χ1n) is 12.7. The molecule has 0 unspecified atom stereocenters. The molecular weight excluding hydrogens is 506 g/mol. The SMILES string of the molecule is C/C=C(\C=C/CC)N(C1=CC=C(/C=C/c2ccnc(-c3cc(S(=O)(=O)O)ccn3)c2)C=CC1)c1ccccc1. The minimum absolute atomic E-state index is 0.220. The van der Waals surface area contributed by atoms with Gasteiger partial charge in [-0.15, -0.1) is 0 Å². The molecule has 1 aliphatic rings. The van der Waals surface area contributed by atoms with E-state index in [9.17, 15) is 13.0 Å². The largest absolute Gasteiger partial charge is 0.314 e. The highest BCUT2D eigenvalue weighted by Gasteiger charge is 2.15. The van der Waals surface area contributed by atoms with Gasteiger partial charge in [-0.05, 0) is 73.0 Å². The summed E-state index contributed by atoms with van der Waals surface area (Å²) in [7, 11) is -4.33. The highest BCUT2D eigenvalue weighted by atomic mass is 32.2. The van der Waals surface area contributed by atoms with Crippen molar-refractivity contribution in [3.63, 3.8) is 0 Å². The normalized spacial score (nSPS) is 14.4. The Hall–Kier alpha value is -4.33. The molecule has 4 rings (SSSR count). The predicted octanol–water partition coefficient (Wildman–Crippen LogP) is 7.55. The molecule has 3 aromatic rings. The smallest absolute Gasteiger partial charge is 0.294 e. The third-order valence-corrected chi connectivity index (χ3v) is 6.88. The van der Waals surface area contributed by atoms with E-state index in [2.05, 4.69) is 83.4 Å². The summed E-state index contributed by atoms with van der Waals surface area (Å²) >= 11 is 0. The first-order chi connectivity index (χ1) is 18.9. The summed E-state index contributed by atoms with van der Waals surface area (Å²) in [6.45, 7) is 4.18. The Morgan fingerprint density at radius 1 is 1.00 bits per heavy atom. The zero-order chi connectivity index (χ0) is 27.7. The van der Waals surface area contributed by atoms with Gasteiger partial charge in [-0.1, -0.05) is 67.7 Å². The molecule has 1 aromatic carbocycles. The Morgan fingerprint density at radius 3 is 2.46 bits per heavy atom. The minimum atomic E-state index is -4.33. The average Bonchev–Trinajstić information content (AvgIpc) is 3.20. The van der Waals surface area contributed by atoms with Crippen molar-refractivity contribution in [3.05, 3.63) is 138 Å². The van der Waals surface area contributed by atoms with E-state index in [0.29, 0.717) is 11.4 Å². The van der Waals surface area contributed by atoms with Crippen LogP contribution < -0.4 is 4.90 Å². The second-order valence-corrected chi connectivity index (χ2v) is 10.2. The fourth-order valence-corrected chi connectivity index (χ4v) is 4.59. The van der Waals surface area contributed by atoms with Gasteiger partial charge in [0.1, 0.15) is 0 Å². The lowest BCUT2D eigenvalue weighted by Crippen LogP contribution is -2.20. The van der Waals surface area contributed by atoms with Crippen LogP contribution in [0.3, 0.4) is 0 Å². The quantitative estimate of drug-likeness (QED) is 0.224. The molecule has 2 heterocycles. The van der Waals surface area contributed by atoms with Crippen LogP contribution in [0, 0.1) is 0 Å². The lowest BCUT2D eigenvalue weighted by atomic mass is 10.1. The molecule has 1 aliphatic carbocycles. The van der Waals surface area contributed by atoms with Gasteiger partial charge >= 0.3 is 0 Å². The van der Waals surface area contributed by atoms with Crippen molar-refractivity contribution in [1.29, 1.82) is 0 Å². The molecule has 0 amide bonds. The molecule has 0 radical (unpaired) electrons. The first kappa shape index (κ1) is 27.7. The van der Waals surface area contributed by atoms with Crippen molar-refractivity contribution in [3.8, 4) is 11.4 Å². The third-order valence-electron chi connectivity index (χ3n) is 6.03. The molecule has 0 fully saturated rings. The van der Waals surface area contributed by atoms with E-state index in [1.807, 2.05) is 42.5 Å². The zero-order valence-corrected chi connectivity index (χ0v) is 22.8. The number of hydrogen-bond donors (Lipinski definition) is 1. The van der Waals surface area contributed by atoms with Gasteiger partial charge in [-0.3, -0.25) is 14.5 Å². The second-order valence-electron chi connectivity index (χ2n) is 8.79. The molecule has 198 valence electrons. The molecule has 0 saturated carbocycles. The van der Waals surface area contributed by atoms with Gasteiger partial charge in [-0.25, -0.2) is 0 Å². The van der Waals surface area contributed by atoms with Gasteiger partial charge in [0, 0.05) is 35.9 Å². The molecule has 1 N–H and O–H groups in total. The molecular formula is C32H31N3O3S. The lowest BCUT2D eigenvalue weighted by Gasteiger charge is -2.28. The Bertz CT molecular complexity index is 1600. The number of allylic oxidation sites excluding steroid dienone is 9. The molecule has 0 atom stereocenters. The van der Waals surface area contributed by atoms with Gasteiger partial charge < -0.3 is 4.90 Å². The summed E-state index contributed by atoms with van der Waals surface area (Å²) in [4.78, 5) is 10.6. The molecule has 0 spiro atoms. The van der Waals surface area contributed by atoms with Crippen molar-refractivity contribution >= 4 is 21.9 Å². The zero-order valence-electron chi connectivity index (χ0n) is 22.0. The van der Waals surface area contributed by atoms with Crippen LogP contribution in [-0.2, 0) is 10.1 Å². The Labute approximate surface area is 230 Å². The van der Waals surface area contributed by atoms with E-state index in [-0.39, 0.29) is 4.90 Å². The summed E-state index contributed by atoms with van der Waals surface area (Å²) in [5, 5.41) is 0. The van der Waals surface area contributed by atoms with Crippen LogP contribution in [-0.4, -0.2) is 22.9 Å². The maximum Gasteiger partial charge on any atom is 0.294 e. The number of pyridine rings is 2. The first-order valence-corrected chi connectivity index (χ1v) is 14.2. The second kappa shape index (κ2) is 13.0. The number of aromatic nitrogens is 2. The maximum absolute atomic E-state index is 11.5. The Morgan fingerprint density at radius 2 is 1.74 bits per heavy atom. The predicted molar refractivity (Wildman–Crippen MR) is 158 cm³/mol. The number of para-hydroxylation sites is 1. The number of anilines is 1. The van der Waals surface area contributed by atoms with Crippen LogP contribution in [0.5, 0.6) is 0 Å². The topological polar surface area (TPSA) is 83.4 Å². The number of rotatable bonds is 9. The number of hydrogen-bond acceptors (Lipinski definition) is 5. The molecule has 39 heavy (non-hydrogen) atoms. The van der Waals surface area contributed by atoms with Gasteiger partial charge in [0.05, 0.1) is 16.3 Å². The van der Waals surface area contributed by atoms with Crippen LogP contribution in [0.2, 0.25) is 0 Å².